The Bertz CT molecular complexity index is 1420. The van der Waals surface area contributed by atoms with Gasteiger partial charge >= 0.3 is 29.8 Å². The normalized spacial score (nSPS) is 10.6. The van der Waals surface area contributed by atoms with Gasteiger partial charge in [-0.1, -0.05) is 30.3 Å². The zero-order chi connectivity index (χ0) is 30.6. The van der Waals surface area contributed by atoms with E-state index in [1.807, 2.05) is 30.3 Å². The summed E-state index contributed by atoms with van der Waals surface area (Å²) in [5.74, 6) is -2.79. The van der Waals surface area contributed by atoms with E-state index in [-0.39, 0.29) is 56.4 Å². The highest BCUT2D eigenvalue weighted by Gasteiger charge is 2.27. The second kappa shape index (κ2) is 15.2. The molecule has 0 amide bonds. The lowest BCUT2D eigenvalue weighted by atomic mass is 9.97. The quantitative estimate of drug-likeness (QED) is 0.213. The van der Waals surface area contributed by atoms with Crippen LogP contribution in [0.5, 0.6) is 0 Å². The lowest BCUT2D eigenvalue weighted by Crippen LogP contribution is -2.12. The molecule has 3 rings (SSSR count). The Kier molecular flexibility index (Phi) is 11.5. The molecule has 2 aromatic heterocycles. The summed E-state index contributed by atoms with van der Waals surface area (Å²) in [6, 6.07) is 9.12. The molecule has 2 N–H and O–H groups in total. The molecule has 12 heteroatoms. The number of ether oxygens (including phenoxy) is 5. The van der Waals surface area contributed by atoms with Crippen molar-refractivity contribution in [3.8, 4) is 0 Å². The maximum atomic E-state index is 13.3. The Morgan fingerprint density at radius 3 is 1.90 bits per heavy atom. The number of carbonyl (C=O) groups is 5. The first kappa shape index (κ1) is 31.7. The van der Waals surface area contributed by atoms with E-state index in [0.29, 0.717) is 28.1 Å². The van der Waals surface area contributed by atoms with Crippen LogP contribution in [0.25, 0.3) is 0 Å². The van der Waals surface area contributed by atoms with E-state index in [9.17, 15) is 24.0 Å². The van der Waals surface area contributed by atoms with Gasteiger partial charge < -0.3 is 33.7 Å². The topological polar surface area (TPSA) is 163 Å². The van der Waals surface area contributed by atoms with Crippen LogP contribution in [0.2, 0.25) is 0 Å². The maximum absolute atomic E-state index is 13.3. The number of benzene rings is 1. The zero-order valence-electron chi connectivity index (χ0n) is 24.0. The van der Waals surface area contributed by atoms with E-state index in [2.05, 4.69) is 9.97 Å². The fourth-order valence-corrected chi connectivity index (χ4v) is 4.53. The van der Waals surface area contributed by atoms with Gasteiger partial charge in [-0.3, -0.25) is 14.4 Å². The minimum atomic E-state index is -0.677. The van der Waals surface area contributed by atoms with Crippen LogP contribution in [0.3, 0.4) is 0 Å². The van der Waals surface area contributed by atoms with Crippen molar-refractivity contribution in [1.82, 2.24) is 9.97 Å². The summed E-state index contributed by atoms with van der Waals surface area (Å²) in [6.45, 7) is 0.00754. The fraction of sp³-hybridized carbons (Fsp3) is 0.367. The summed E-state index contributed by atoms with van der Waals surface area (Å²) in [6.07, 6.45) is 1.59. The van der Waals surface area contributed by atoms with Crippen molar-refractivity contribution in [2.45, 2.75) is 45.1 Å². The van der Waals surface area contributed by atoms with Gasteiger partial charge in [0, 0.05) is 36.8 Å². The minimum Gasteiger partial charge on any atom is -0.469 e. The average Bonchev–Trinajstić information content (AvgIpc) is 3.57. The molecule has 0 saturated carbocycles. The van der Waals surface area contributed by atoms with E-state index in [4.69, 9.17) is 23.7 Å². The molecular formula is C30H34N2O10. The van der Waals surface area contributed by atoms with Crippen molar-refractivity contribution in [1.29, 1.82) is 0 Å². The van der Waals surface area contributed by atoms with E-state index >= 15 is 0 Å². The molecule has 0 aliphatic rings. The van der Waals surface area contributed by atoms with Gasteiger partial charge in [0.15, 0.2) is 0 Å². The van der Waals surface area contributed by atoms with Crippen molar-refractivity contribution < 1.29 is 47.7 Å². The SMILES string of the molecule is COC(=O)CCc1c(C(=O)OC)c[nH]c1Cc1[nH]c(C(=O)OCc2ccccc2)c(CCC(=O)OC)c1CC(=O)OC. The summed E-state index contributed by atoms with van der Waals surface area (Å²) in [5.41, 5.74) is 3.50. The number of carbonyl (C=O) groups excluding carboxylic acids is 5. The Labute approximate surface area is 242 Å². The first-order valence-corrected chi connectivity index (χ1v) is 13.1. The second-order valence-electron chi connectivity index (χ2n) is 9.23. The lowest BCUT2D eigenvalue weighted by molar-refractivity contribution is -0.141. The molecule has 12 nitrogen and oxygen atoms in total. The third-order valence-corrected chi connectivity index (χ3v) is 6.72. The summed E-state index contributed by atoms with van der Waals surface area (Å²) in [4.78, 5) is 68.3. The molecule has 0 radical (unpaired) electrons. The lowest BCUT2D eigenvalue weighted by Gasteiger charge is -2.09. The molecule has 3 aromatic rings. The fourth-order valence-electron chi connectivity index (χ4n) is 4.53. The molecule has 0 spiro atoms. The van der Waals surface area contributed by atoms with Crippen molar-refractivity contribution >= 4 is 29.8 Å². The first-order valence-electron chi connectivity index (χ1n) is 13.1. The molecule has 0 atom stereocenters. The van der Waals surface area contributed by atoms with Gasteiger partial charge in [-0.05, 0) is 35.1 Å². The Morgan fingerprint density at radius 1 is 0.690 bits per heavy atom. The molecule has 0 aliphatic heterocycles. The molecule has 42 heavy (non-hydrogen) atoms. The van der Waals surface area contributed by atoms with Crippen LogP contribution in [0.15, 0.2) is 36.5 Å². The maximum Gasteiger partial charge on any atom is 0.355 e. The zero-order valence-corrected chi connectivity index (χ0v) is 24.0. The van der Waals surface area contributed by atoms with E-state index in [1.54, 1.807) is 0 Å². The smallest absolute Gasteiger partial charge is 0.355 e. The van der Waals surface area contributed by atoms with Gasteiger partial charge in [0.2, 0.25) is 0 Å². The van der Waals surface area contributed by atoms with Gasteiger partial charge in [0.05, 0.1) is 40.4 Å². The summed E-state index contributed by atoms with van der Waals surface area (Å²) in [5, 5.41) is 0. The van der Waals surface area contributed by atoms with Gasteiger partial charge in [-0.2, -0.15) is 0 Å². The Balaban J connectivity index is 2.07. The Morgan fingerprint density at radius 2 is 1.31 bits per heavy atom. The van der Waals surface area contributed by atoms with Gasteiger partial charge in [-0.15, -0.1) is 0 Å². The van der Waals surface area contributed by atoms with Crippen LogP contribution < -0.4 is 0 Å². The number of H-pyrrole nitrogens is 2. The van der Waals surface area contributed by atoms with Crippen LogP contribution in [-0.2, 0) is 70.4 Å². The predicted molar refractivity (Wildman–Crippen MR) is 148 cm³/mol. The Hall–Kier alpha value is -4.87. The van der Waals surface area contributed by atoms with Crippen LogP contribution in [0.4, 0.5) is 0 Å². The highest BCUT2D eigenvalue weighted by molar-refractivity contribution is 5.92. The molecular weight excluding hydrogens is 548 g/mol. The van der Waals surface area contributed by atoms with Crippen molar-refractivity contribution in [3.05, 3.63) is 81.4 Å². The highest BCUT2D eigenvalue weighted by Crippen LogP contribution is 2.28. The number of hydrogen-bond acceptors (Lipinski definition) is 10. The largest absolute Gasteiger partial charge is 0.469 e. The monoisotopic (exact) mass is 582 g/mol. The number of aromatic nitrogens is 2. The first-order chi connectivity index (χ1) is 20.2. The van der Waals surface area contributed by atoms with Gasteiger partial charge in [0.25, 0.3) is 0 Å². The number of methoxy groups -OCH3 is 4. The number of rotatable bonds is 14. The number of aromatic amines is 2. The number of nitrogens with one attached hydrogen (secondary N) is 2. The summed E-state index contributed by atoms with van der Waals surface area (Å²) in [7, 11) is 5.03. The third-order valence-electron chi connectivity index (χ3n) is 6.72. The average molecular weight is 583 g/mol. The van der Waals surface area contributed by atoms with Crippen LogP contribution >= 0.6 is 0 Å². The second-order valence-corrected chi connectivity index (χ2v) is 9.23. The molecule has 0 fully saturated rings. The molecule has 0 saturated heterocycles. The summed E-state index contributed by atoms with van der Waals surface area (Å²) < 4.78 is 24.9. The van der Waals surface area contributed by atoms with Crippen LogP contribution in [0, 0.1) is 0 Å². The third kappa shape index (κ3) is 8.09. The molecule has 0 bridgehead atoms. The number of hydrogen-bond donors (Lipinski definition) is 2. The van der Waals surface area contributed by atoms with Crippen molar-refractivity contribution in [3.63, 3.8) is 0 Å². The van der Waals surface area contributed by atoms with Gasteiger partial charge in [-0.25, -0.2) is 9.59 Å². The van der Waals surface area contributed by atoms with Gasteiger partial charge in [0.1, 0.15) is 12.3 Å². The van der Waals surface area contributed by atoms with Crippen LogP contribution in [0.1, 0.15) is 67.3 Å². The molecule has 0 unspecified atom stereocenters. The highest BCUT2D eigenvalue weighted by atomic mass is 16.5. The van der Waals surface area contributed by atoms with Crippen LogP contribution in [-0.4, -0.2) is 68.3 Å². The minimum absolute atomic E-state index is 0.00648. The number of esters is 5. The molecule has 0 aliphatic carbocycles. The van der Waals surface area contributed by atoms with E-state index in [0.717, 1.165) is 5.56 Å². The molecule has 224 valence electrons. The molecule has 2 heterocycles. The molecule has 1 aromatic carbocycles. The summed E-state index contributed by atoms with van der Waals surface area (Å²) >= 11 is 0. The van der Waals surface area contributed by atoms with Crippen molar-refractivity contribution in [2.75, 3.05) is 28.4 Å². The van der Waals surface area contributed by atoms with E-state index < -0.39 is 29.8 Å². The standard InChI is InChI=1S/C30H34N2O10/c1-38-25(33)12-10-19-22(29(36)41-4)16-31-23(19)15-24-21(14-27(35)40-3)20(11-13-26(34)39-2)28(32-24)30(37)42-17-18-8-6-5-7-9-18/h5-9,16,31-32H,10-15,17H2,1-4H3. The predicted octanol–water partition coefficient (Wildman–Crippen LogP) is 3.00. The van der Waals surface area contributed by atoms with Crippen molar-refractivity contribution in [2.24, 2.45) is 0 Å². The van der Waals surface area contributed by atoms with E-state index in [1.165, 1.54) is 34.6 Å².